The van der Waals surface area contributed by atoms with E-state index in [2.05, 4.69) is 70.4 Å². The van der Waals surface area contributed by atoms with Crippen LogP contribution >= 0.6 is 0 Å². The molecule has 2 aromatic rings. The van der Waals surface area contributed by atoms with Gasteiger partial charge in [-0.05, 0) is 58.6 Å². The molecular weight excluding hydrogens is 364 g/mol. The molecule has 1 N–H and O–H groups in total. The van der Waals surface area contributed by atoms with Gasteiger partial charge in [-0.15, -0.1) is 0 Å². The molecular formula is C22H32N6O. The number of nitrogens with one attached hydrogen (secondary N) is 1. The maximum Gasteiger partial charge on any atom is 0.272 e. The normalized spacial score (nSPS) is 14.4. The molecule has 1 saturated heterocycles. The molecule has 1 aliphatic heterocycles. The minimum absolute atomic E-state index is 0.0178. The number of anilines is 2. The Morgan fingerprint density at radius 1 is 1.10 bits per heavy atom. The van der Waals surface area contributed by atoms with E-state index >= 15 is 0 Å². The molecule has 0 aliphatic carbocycles. The van der Waals surface area contributed by atoms with Gasteiger partial charge in [-0.25, -0.2) is 9.97 Å². The summed E-state index contributed by atoms with van der Waals surface area (Å²) in [4.78, 5) is 28.2. The van der Waals surface area contributed by atoms with Gasteiger partial charge >= 0.3 is 0 Å². The highest BCUT2D eigenvalue weighted by Gasteiger charge is 2.24. The molecule has 0 bridgehead atoms. The van der Waals surface area contributed by atoms with Crippen LogP contribution in [0.5, 0.6) is 0 Å². The number of carbonyl (C=O) groups excluding carboxylic acids is 1. The van der Waals surface area contributed by atoms with Crippen LogP contribution in [0.2, 0.25) is 0 Å². The maximum absolute atomic E-state index is 13.0. The number of carbonyl (C=O) groups is 1. The molecule has 1 aromatic carbocycles. The molecule has 156 valence electrons. The average Bonchev–Trinajstić information content (AvgIpc) is 2.70. The van der Waals surface area contributed by atoms with E-state index in [4.69, 9.17) is 0 Å². The Hall–Kier alpha value is -2.67. The Kier molecular flexibility index (Phi) is 7.04. The van der Waals surface area contributed by atoms with E-state index < -0.39 is 0 Å². The number of nitrogens with zero attached hydrogens (tertiary/aromatic N) is 5. The number of rotatable bonds is 7. The average molecular weight is 397 g/mol. The lowest BCUT2D eigenvalue weighted by atomic mass is 10.2. The minimum atomic E-state index is -0.0178. The number of aryl methyl sites for hydroxylation is 2. The van der Waals surface area contributed by atoms with E-state index in [0.29, 0.717) is 24.6 Å². The highest BCUT2D eigenvalue weighted by Crippen LogP contribution is 2.19. The van der Waals surface area contributed by atoms with Crippen LogP contribution in [0.25, 0.3) is 0 Å². The lowest BCUT2D eigenvalue weighted by molar-refractivity contribution is 0.0740. The first-order valence-electron chi connectivity index (χ1n) is 10.3. The van der Waals surface area contributed by atoms with Crippen molar-refractivity contribution in [2.24, 2.45) is 0 Å². The summed E-state index contributed by atoms with van der Waals surface area (Å²) in [6, 6.07) is 10.3. The number of hydrogen-bond acceptors (Lipinski definition) is 6. The Balaban J connectivity index is 1.59. The van der Waals surface area contributed by atoms with Crippen molar-refractivity contribution in [3.8, 4) is 0 Å². The quantitative estimate of drug-likeness (QED) is 0.725. The second kappa shape index (κ2) is 9.69. The zero-order chi connectivity index (χ0) is 20.8. The predicted molar refractivity (Wildman–Crippen MR) is 118 cm³/mol. The first-order chi connectivity index (χ1) is 13.9. The predicted octanol–water partition coefficient (Wildman–Crippen LogP) is 2.42. The van der Waals surface area contributed by atoms with Crippen LogP contribution in [0.3, 0.4) is 0 Å². The van der Waals surface area contributed by atoms with Gasteiger partial charge in [0, 0.05) is 44.5 Å². The van der Waals surface area contributed by atoms with Crippen LogP contribution in [0.4, 0.5) is 11.5 Å². The number of piperazine rings is 1. The zero-order valence-electron chi connectivity index (χ0n) is 18.0. The third-order valence-corrected chi connectivity index (χ3v) is 5.08. The summed E-state index contributed by atoms with van der Waals surface area (Å²) in [7, 11) is 4.12. The van der Waals surface area contributed by atoms with Crippen molar-refractivity contribution >= 4 is 17.4 Å². The first-order valence-corrected chi connectivity index (χ1v) is 10.3. The van der Waals surface area contributed by atoms with Gasteiger partial charge < -0.3 is 20.0 Å². The van der Waals surface area contributed by atoms with Crippen molar-refractivity contribution < 1.29 is 4.79 Å². The van der Waals surface area contributed by atoms with Crippen molar-refractivity contribution in [3.63, 3.8) is 0 Å². The van der Waals surface area contributed by atoms with E-state index in [1.807, 2.05) is 11.8 Å². The van der Waals surface area contributed by atoms with E-state index in [0.717, 1.165) is 38.4 Å². The Bertz CT molecular complexity index is 830. The molecule has 0 unspecified atom stereocenters. The summed E-state index contributed by atoms with van der Waals surface area (Å²) >= 11 is 0. The summed E-state index contributed by atoms with van der Waals surface area (Å²) in [5.41, 5.74) is 2.94. The summed E-state index contributed by atoms with van der Waals surface area (Å²) in [6.07, 6.45) is 1.01. The second-order valence-electron chi connectivity index (χ2n) is 7.89. The van der Waals surface area contributed by atoms with Crippen LogP contribution in [0, 0.1) is 13.8 Å². The van der Waals surface area contributed by atoms with Gasteiger partial charge in [0.2, 0.25) is 0 Å². The molecule has 7 nitrogen and oxygen atoms in total. The molecule has 7 heteroatoms. The molecule has 1 amide bonds. The van der Waals surface area contributed by atoms with Crippen molar-refractivity contribution in [2.45, 2.75) is 20.3 Å². The molecule has 1 fully saturated rings. The SMILES string of the molecule is Cc1cccc(N2CCN(C(=O)c3cc(NCCCN(C)C)nc(C)n3)CC2)c1. The lowest BCUT2D eigenvalue weighted by Gasteiger charge is -2.36. The Labute approximate surface area is 173 Å². The van der Waals surface area contributed by atoms with Crippen LogP contribution in [0.1, 0.15) is 28.3 Å². The molecule has 0 spiro atoms. The summed E-state index contributed by atoms with van der Waals surface area (Å²) in [5.74, 6) is 1.32. The number of amides is 1. The van der Waals surface area contributed by atoms with Crippen LogP contribution in [-0.2, 0) is 0 Å². The fourth-order valence-electron chi connectivity index (χ4n) is 3.53. The highest BCUT2D eigenvalue weighted by atomic mass is 16.2. The zero-order valence-corrected chi connectivity index (χ0v) is 18.0. The smallest absolute Gasteiger partial charge is 0.272 e. The largest absolute Gasteiger partial charge is 0.370 e. The molecule has 0 radical (unpaired) electrons. The van der Waals surface area contributed by atoms with Gasteiger partial charge in [-0.2, -0.15) is 0 Å². The monoisotopic (exact) mass is 396 g/mol. The molecule has 1 aliphatic rings. The topological polar surface area (TPSA) is 64.6 Å². The van der Waals surface area contributed by atoms with E-state index in [1.54, 1.807) is 6.07 Å². The fraction of sp³-hybridized carbons (Fsp3) is 0.500. The van der Waals surface area contributed by atoms with Gasteiger partial charge in [0.1, 0.15) is 17.3 Å². The van der Waals surface area contributed by atoms with E-state index in [9.17, 15) is 4.79 Å². The lowest BCUT2D eigenvalue weighted by Crippen LogP contribution is -2.49. The van der Waals surface area contributed by atoms with E-state index in [-0.39, 0.29) is 5.91 Å². The van der Waals surface area contributed by atoms with Crippen molar-refractivity contribution in [1.29, 1.82) is 0 Å². The third kappa shape index (κ3) is 5.90. The Morgan fingerprint density at radius 2 is 1.86 bits per heavy atom. The number of aromatic nitrogens is 2. The maximum atomic E-state index is 13.0. The molecule has 1 aromatic heterocycles. The third-order valence-electron chi connectivity index (χ3n) is 5.08. The first kappa shape index (κ1) is 21.0. The molecule has 3 rings (SSSR count). The Morgan fingerprint density at radius 3 is 2.55 bits per heavy atom. The van der Waals surface area contributed by atoms with Gasteiger partial charge in [-0.1, -0.05) is 12.1 Å². The van der Waals surface area contributed by atoms with Gasteiger partial charge in [0.25, 0.3) is 5.91 Å². The summed E-state index contributed by atoms with van der Waals surface area (Å²) in [6.45, 7) is 8.81. The fourth-order valence-corrected chi connectivity index (χ4v) is 3.53. The van der Waals surface area contributed by atoms with Gasteiger partial charge in [0.15, 0.2) is 0 Å². The number of benzene rings is 1. The standard InChI is InChI=1S/C22H32N6O/c1-17-7-5-8-19(15-17)27-11-13-28(14-12-27)22(29)20-16-21(25-18(2)24-20)23-9-6-10-26(3)4/h5,7-8,15-16H,6,9-14H2,1-4H3,(H,23,24,25). The van der Waals surface area contributed by atoms with Crippen molar-refractivity contribution in [3.05, 3.63) is 47.4 Å². The van der Waals surface area contributed by atoms with Crippen molar-refractivity contribution in [2.75, 3.05) is 63.6 Å². The molecule has 29 heavy (non-hydrogen) atoms. The highest BCUT2D eigenvalue weighted by molar-refractivity contribution is 5.93. The van der Waals surface area contributed by atoms with Crippen molar-refractivity contribution in [1.82, 2.24) is 19.8 Å². The van der Waals surface area contributed by atoms with Crippen LogP contribution < -0.4 is 10.2 Å². The van der Waals surface area contributed by atoms with E-state index in [1.165, 1.54) is 11.3 Å². The molecule has 0 atom stereocenters. The number of hydrogen-bond donors (Lipinski definition) is 1. The van der Waals surface area contributed by atoms with Crippen LogP contribution in [0.15, 0.2) is 30.3 Å². The molecule has 0 saturated carbocycles. The minimum Gasteiger partial charge on any atom is -0.370 e. The summed E-state index contributed by atoms with van der Waals surface area (Å²) in [5, 5.41) is 3.32. The van der Waals surface area contributed by atoms with Gasteiger partial charge in [0.05, 0.1) is 0 Å². The molecule has 2 heterocycles. The summed E-state index contributed by atoms with van der Waals surface area (Å²) < 4.78 is 0. The van der Waals surface area contributed by atoms with Gasteiger partial charge in [-0.3, -0.25) is 4.79 Å². The van der Waals surface area contributed by atoms with Crippen LogP contribution in [-0.4, -0.2) is 79.0 Å². The second-order valence-corrected chi connectivity index (χ2v) is 7.89.